The second kappa shape index (κ2) is 10.9. The number of likely N-dealkylation sites (tertiary alicyclic amines) is 1. The molecule has 1 aliphatic rings. The molecule has 3 rings (SSSR count). The Kier molecular flexibility index (Phi) is 7.98. The van der Waals surface area contributed by atoms with Crippen LogP contribution in [-0.2, 0) is 9.59 Å². The normalized spacial score (nSPS) is 16.8. The molecule has 1 aliphatic heterocycles. The molecule has 0 aromatic heterocycles. The van der Waals surface area contributed by atoms with Crippen molar-refractivity contribution in [2.75, 3.05) is 25.0 Å². The van der Waals surface area contributed by atoms with Crippen molar-refractivity contribution in [3.05, 3.63) is 66.0 Å². The first-order chi connectivity index (χ1) is 15.4. The molecule has 2 aromatic rings. The molecule has 2 aromatic carbocycles. The van der Waals surface area contributed by atoms with Crippen LogP contribution in [-0.4, -0.2) is 53.2 Å². The lowest BCUT2D eigenvalue weighted by Gasteiger charge is -2.37. The smallest absolute Gasteiger partial charge is 0.253 e. The second-order valence-corrected chi connectivity index (χ2v) is 8.16. The van der Waals surface area contributed by atoms with Crippen LogP contribution < -0.4 is 5.32 Å². The molecule has 0 spiro atoms. The standard InChI is InChI=1S/C25H30FN3O3/c1-3-15-29(18(2)23(30)27-22-9-5-4-6-10-22)25(32)20-8-7-16-28(17-20)24(31)19-11-13-21(26)14-12-19/h4-6,9-14,18,20H,3,7-8,15-17H2,1-2H3,(H,27,30). The highest BCUT2D eigenvalue weighted by atomic mass is 19.1. The SMILES string of the molecule is CCCN(C(=O)C1CCCN(C(=O)c2ccc(F)cc2)C1)C(C)C(=O)Nc1ccccc1. The molecule has 3 amide bonds. The largest absolute Gasteiger partial charge is 0.338 e. The third-order valence-corrected chi connectivity index (χ3v) is 5.78. The van der Waals surface area contributed by atoms with Crippen LogP contribution in [0.25, 0.3) is 0 Å². The van der Waals surface area contributed by atoms with E-state index in [0.717, 1.165) is 6.42 Å². The van der Waals surface area contributed by atoms with E-state index < -0.39 is 11.9 Å². The van der Waals surface area contributed by atoms with Crippen molar-refractivity contribution in [2.45, 2.75) is 39.2 Å². The Balaban J connectivity index is 1.68. The van der Waals surface area contributed by atoms with Gasteiger partial charge in [-0.25, -0.2) is 4.39 Å². The molecule has 1 N–H and O–H groups in total. The van der Waals surface area contributed by atoms with Gasteiger partial charge >= 0.3 is 0 Å². The molecule has 0 aliphatic carbocycles. The van der Waals surface area contributed by atoms with Crippen LogP contribution in [0.15, 0.2) is 54.6 Å². The molecular weight excluding hydrogens is 409 g/mol. The highest BCUT2D eigenvalue weighted by molar-refractivity contribution is 5.97. The Labute approximate surface area is 188 Å². The molecule has 2 unspecified atom stereocenters. The van der Waals surface area contributed by atoms with E-state index in [1.807, 2.05) is 25.1 Å². The molecule has 1 heterocycles. The van der Waals surface area contributed by atoms with Crippen LogP contribution in [0.5, 0.6) is 0 Å². The summed E-state index contributed by atoms with van der Waals surface area (Å²) >= 11 is 0. The van der Waals surface area contributed by atoms with Gasteiger partial charge in [0.25, 0.3) is 5.91 Å². The van der Waals surface area contributed by atoms with E-state index in [2.05, 4.69) is 5.32 Å². The number of nitrogens with zero attached hydrogens (tertiary/aromatic N) is 2. The minimum Gasteiger partial charge on any atom is -0.338 e. The number of para-hydroxylation sites is 1. The molecular formula is C25H30FN3O3. The van der Waals surface area contributed by atoms with E-state index >= 15 is 0 Å². The van der Waals surface area contributed by atoms with Gasteiger partial charge in [-0.15, -0.1) is 0 Å². The van der Waals surface area contributed by atoms with Crippen LogP contribution in [0.4, 0.5) is 10.1 Å². The first kappa shape index (κ1) is 23.4. The van der Waals surface area contributed by atoms with Gasteiger partial charge in [-0.2, -0.15) is 0 Å². The topological polar surface area (TPSA) is 69.7 Å². The Morgan fingerprint density at radius 3 is 2.47 bits per heavy atom. The van der Waals surface area contributed by atoms with Gasteiger partial charge in [0.2, 0.25) is 11.8 Å². The predicted octanol–water partition coefficient (Wildman–Crippen LogP) is 3.94. The molecule has 2 atom stereocenters. The van der Waals surface area contributed by atoms with Gasteiger partial charge in [-0.05, 0) is 62.6 Å². The van der Waals surface area contributed by atoms with E-state index in [-0.39, 0.29) is 23.6 Å². The number of carbonyl (C=O) groups excluding carboxylic acids is 3. The Hall–Kier alpha value is -3.22. The summed E-state index contributed by atoms with van der Waals surface area (Å²) in [7, 11) is 0. The summed E-state index contributed by atoms with van der Waals surface area (Å²) in [6.45, 7) is 5.01. The number of hydrogen-bond acceptors (Lipinski definition) is 3. The summed E-state index contributed by atoms with van der Waals surface area (Å²) in [6, 6.07) is 14.0. The van der Waals surface area contributed by atoms with Crippen LogP contribution in [0.2, 0.25) is 0 Å². The van der Waals surface area contributed by atoms with Crippen molar-refractivity contribution in [2.24, 2.45) is 5.92 Å². The zero-order chi connectivity index (χ0) is 23.1. The van der Waals surface area contributed by atoms with Crippen LogP contribution in [0.1, 0.15) is 43.5 Å². The molecule has 7 heteroatoms. The first-order valence-corrected chi connectivity index (χ1v) is 11.1. The average Bonchev–Trinajstić information content (AvgIpc) is 2.82. The average molecular weight is 440 g/mol. The number of benzene rings is 2. The van der Waals surface area contributed by atoms with Crippen molar-refractivity contribution in [3.63, 3.8) is 0 Å². The molecule has 0 bridgehead atoms. The number of nitrogens with one attached hydrogen (secondary N) is 1. The van der Waals surface area contributed by atoms with Gasteiger partial charge in [0.1, 0.15) is 11.9 Å². The molecule has 1 fully saturated rings. The molecule has 170 valence electrons. The third kappa shape index (κ3) is 5.72. The number of halogens is 1. The van der Waals surface area contributed by atoms with Crippen molar-refractivity contribution in [3.8, 4) is 0 Å². The fourth-order valence-electron chi connectivity index (χ4n) is 4.02. The van der Waals surface area contributed by atoms with Crippen molar-refractivity contribution >= 4 is 23.4 Å². The summed E-state index contributed by atoms with van der Waals surface area (Å²) in [5.74, 6) is -1.33. The van der Waals surface area contributed by atoms with E-state index in [4.69, 9.17) is 0 Å². The highest BCUT2D eigenvalue weighted by Crippen LogP contribution is 2.22. The number of amides is 3. The summed E-state index contributed by atoms with van der Waals surface area (Å²) in [5, 5.41) is 2.86. The maximum atomic E-state index is 13.4. The zero-order valence-corrected chi connectivity index (χ0v) is 18.6. The maximum absolute atomic E-state index is 13.4. The first-order valence-electron chi connectivity index (χ1n) is 11.1. The van der Waals surface area contributed by atoms with E-state index in [0.29, 0.717) is 43.7 Å². The van der Waals surface area contributed by atoms with Crippen molar-refractivity contribution in [1.82, 2.24) is 9.80 Å². The fraction of sp³-hybridized carbons (Fsp3) is 0.400. The van der Waals surface area contributed by atoms with E-state index in [9.17, 15) is 18.8 Å². The lowest BCUT2D eigenvalue weighted by Crippen LogP contribution is -2.52. The zero-order valence-electron chi connectivity index (χ0n) is 18.6. The number of carbonyl (C=O) groups is 3. The molecule has 1 saturated heterocycles. The van der Waals surface area contributed by atoms with Gasteiger partial charge in [-0.3, -0.25) is 14.4 Å². The summed E-state index contributed by atoms with van der Waals surface area (Å²) in [6.07, 6.45) is 2.09. The highest BCUT2D eigenvalue weighted by Gasteiger charge is 2.34. The van der Waals surface area contributed by atoms with Crippen LogP contribution in [0, 0.1) is 11.7 Å². The van der Waals surface area contributed by atoms with E-state index in [1.54, 1.807) is 28.9 Å². The van der Waals surface area contributed by atoms with Gasteiger partial charge in [0.05, 0.1) is 5.92 Å². The number of piperidine rings is 1. The number of hydrogen-bond donors (Lipinski definition) is 1. The molecule has 32 heavy (non-hydrogen) atoms. The molecule has 0 radical (unpaired) electrons. The second-order valence-electron chi connectivity index (χ2n) is 8.16. The minimum absolute atomic E-state index is 0.112. The third-order valence-electron chi connectivity index (χ3n) is 5.78. The Bertz CT molecular complexity index is 933. The van der Waals surface area contributed by atoms with Gasteiger partial charge in [0.15, 0.2) is 0 Å². The number of rotatable bonds is 7. The summed E-state index contributed by atoms with van der Waals surface area (Å²) in [5.41, 5.74) is 1.09. The van der Waals surface area contributed by atoms with Gasteiger partial charge < -0.3 is 15.1 Å². The monoisotopic (exact) mass is 439 g/mol. The number of anilines is 1. The Morgan fingerprint density at radius 1 is 1.12 bits per heavy atom. The Morgan fingerprint density at radius 2 is 1.81 bits per heavy atom. The van der Waals surface area contributed by atoms with Crippen LogP contribution in [0.3, 0.4) is 0 Å². The van der Waals surface area contributed by atoms with Crippen LogP contribution >= 0.6 is 0 Å². The predicted molar refractivity (Wildman–Crippen MR) is 122 cm³/mol. The van der Waals surface area contributed by atoms with Gasteiger partial charge in [0, 0.05) is 30.9 Å². The summed E-state index contributed by atoms with van der Waals surface area (Å²) in [4.78, 5) is 42.3. The summed E-state index contributed by atoms with van der Waals surface area (Å²) < 4.78 is 13.2. The van der Waals surface area contributed by atoms with E-state index in [1.165, 1.54) is 24.3 Å². The van der Waals surface area contributed by atoms with Crippen molar-refractivity contribution < 1.29 is 18.8 Å². The quantitative estimate of drug-likeness (QED) is 0.710. The fourth-order valence-corrected chi connectivity index (χ4v) is 4.02. The maximum Gasteiger partial charge on any atom is 0.253 e. The van der Waals surface area contributed by atoms with Crippen molar-refractivity contribution in [1.29, 1.82) is 0 Å². The molecule has 6 nitrogen and oxygen atoms in total. The minimum atomic E-state index is -0.633. The van der Waals surface area contributed by atoms with Gasteiger partial charge in [-0.1, -0.05) is 25.1 Å². The lowest BCUT2D eigenvalue weighted by atomic mass is 9.95. The lowest BCUT2D eigenvalue weighted by molar-refractivity contribution is -0.142. The molecule has 0 saturated carbocycles.